The lowest BCUT2D eigenvalue weighted by atomic mass is 10.0. The fourth-order valence-electron chi connectivity index (χ4n) is 7.73. The molecular weight excluding hydrogens is 702 g/mol. The second kappa shape index (κ2) is 14.2. The Morgan fingerprint density at radius 1 is 1.11 bits per heavy atom. The number of nitrogens with zero attached hydrogens (tertiary/aromatic N) is 8. The zero-order chi connectivity index (χ0) is 36.9. The lowest BCUT2D eigenvalue weighted by molar-refractivity contribution is -0.124. The molecule has 5 aromatic rings. The van der Waals surface area contributed by atoms with E-state index in [9.17, 15) is 9.18 Å². The molecule has 3 unspecified atom stereocenters. The van der Waals surface area contributed by atoms with Crippen LogP contribution >= 0.6 is 11.6 Å². The van der Waals surface area contributed by atoms with Crippen molar-refractivity contribution in [3.05, 3.63) is 71.2 Å². The van der Waals surface area contributed by atoms with E-state index in [0.29, 0.717) is 71.0 Å². The smallest absolute Gasteiger partial charge is 0.318 e. The molecule has 0 radical (unpaired) electrons. The van der Waals surface area contributed by atoms with Gasteiger partial charge in [0.15, 0.2) is 11.6 Å². The van der Waals surface area contributed by atoms with E-state index in [1.807, 2.05) is 36.2 Å². The zero-order valence-corrected chi connectivity index (χ0v) is 30.7. The Labute approximate surface area is 311 Å². The van der Waals surface area contributed by atoms with Gasteiger partial charge in [-0.2, -0.15) is 15.0 Å². The molecule has 9 rings (SSSR count). The van der Waals surface area contributed by atoms with Gasteiger partial charge < -0.3 is 19.1 Å². The molecule has 0 spiro atoms. The molecule has 276 valence electrons. The first kappa shape index (κ1) is 35.3. The number of likely N-dealkylation sites (N-methyl/N-ethyl adjacent to an activating group) is 1. The van der Waals surface area contributed by atoms with Gasteiger partial charge in [-0.1, -0.05) is 54.0 Å². The molecule has 3 saturated heterocycles. The van der Waals surface area contributed by atoms with Crippen LogP contribution < -0.4 is 9.64 Å². The van der Waals surface area contributed by atoms with Gasteiger partial charge in [0.05, 0.1) is 12.5 Å². The summed E-state index contributed by atoms with van der Waals surface area (Å²) < 4.78 is 39.5. The van der Waals surface area contributed by atoms with E-state index in [-0.39, 0.29) is 34.6 Å². The molecule has 3 aromatic heterocycles. The highest BCUT2D eigenvalue weighted by atomic mass is 35.5. The van der Waals surface area contributed by atoms with Crippen molar-refractivity contribution in [2.24, 2.45) is 0 Å². The molecule has 1 aliphatic carbocycles. The number of carbonyl (C=O) groups excluding carboxylic acids is 1. The normalized spacial score (nSPS) is 22.0. The summed E-state index contributed by atoms with van der Waals surface area (Å²) >= 11 is 6.53. The third kappa shape index (κ3) is 6.92. The maximum absolute atomic E-state index is 16.3. The van der Waals surface area contributed by atoms with Crippen LogP contribution in [0, 0.1) is 5.82 Å². The van der Waals surface area contributed by atoms with E-state index in [2.05, 4.69) is 36.9 Å². The number of amides is 1. The molecule has 0 N–H and O–H groups in total. The van der Waals surface area contributed by atoms with Gasteiger partial charge in [-0.3, -0.25) is 14.7 Å². The van der Waals surface area contributed by atoms with Crippen LogP contribution in [0.2, 0.25) is 5.02 Å². The number of hydrogen-bond donors (Lipinski definition) is 0. The Kier molecular flexibility index (Phi) is 9.48. The molecule has 6 heterocycles. The molecule has 1 saturated carbocycles. The Hall–Kier alpha value is -4.75. The van der Waals surface area contributed by atoms with Gasteiger partial charge in [0.1, 0.15) is 23.2 Å². The Morgan fingerprint density at radius 3 is 2.70 bits per heavy atom. The standard InChI is InChI=1S/C32H29ClFN7O3.C7H12FN/c1-32(13-14-32)30-36-23(44-39-30)10-11-24(42)41-15-12-19(17-41)40(2)29-21-16-35-27(26(34)28(21)37-31(38-29)43-3)20-8-4-6-18-7-5-9-22(33)25(18)20;8-6-4-7-2-1-3-9(7)5-6/h4-11,16,19H,12-15,17H2,1-3H3;6-7H,1-5H2/b11-10+;. The second-order valence-electron chi connectivity index (χ2n) is 14.7. The van der Waals surface area contributed by atoms with Gasteiger partial charge >= 0.3 is 6.01 Å². The van der Waals surface area contributed by atoms with Crippen molar-refractivity contribution >= 4 is 51.1 Å². The predicted octanol–water partition coefficient (Wildman–Crippen LogP) is 7.02. The van der Waals surface area contributed by atoms with Crippen molar-refractivity contribution in [2.75, 3.05) is 45.2 Å². The van der Waals surface area contributed by atoms with E-state index in [4.69, 9.17) is 20.9 Å². The number of anilines is 1. The minimum Gasteiger partial charge on any atom is -0.467 e. The van der Waals surface area contributed by atoms with E-state index < -0.39 is 12.0 Å². The number of methoxy groups -OCH3 is 1. The molecule has 53 heavy (non-hydrogen) atoms. The number of ether oxygens (including phenoxy) is 1. The third-order valence-electron chi connectivity index (χ3n) is 11.1. The van der Waals surface area contributed by atoms with Crippen LogP contribution in [0.25, 0.3) is 39.0 Å². The Bertz CT molecular complexity index is 2190. The highest BCUT2D eigenvalue weighted by Crippen LogP contribution is 2.46. The number of pyridine rings is 1. The van der Waals surface area contributed by atoms with Gasteiger partial charge in [-0.05, 0) is 56.5 Å². The molecule has 1 amide bonds. The summed E-state index contributed by atoms with van der Waals surface area (Å²) in [7, 11) is 3.31. The summed E-state index contributed by atoms with van der Waals surface area (Å²) in [4.78, 5) is 36.8. The van der Waals surface area contributed by atoms with Gasteiger partial charge in [-0.25, -0.2) is 8.78 Å². The van der Waals surface area contributed by atoms with Gasteiger partial charge in [0.25, 0.3) is 5.89 Å². The van der Waals surface area contributed by atoms with E-state index >= 15 is 4.39 Å². The highest BCUT2D eigenvalue weighted by Gasteiger charge is 2.43. The summed E-state index contributed by atoms with van der Waals surface area (Å²) in [6, 6.07) is 11.7. The predicted molar refractivity (Wildman–Crippen MR) is 199 cm³/mol. The van der Waals surface area contributed by atoms with Crippen molar-refractivity contribution < 1.29 is 22.8 Å². The molecular formula is C39H41ClF2N8O3. The van der Waals surface area contributed by atoms with Gasteiger partial charge in [-0.15, -0.1) is 0 Å². The lowest BCUT2D eigenvalue weighted by Crippen LogP contribution is -2.36. The molecule has 3 atom stereocenters. The van der Waals surface area contributed by atoms with Crippen LogP contribution in [0.1, 0.15) is 57.2 Å². The summed E-state index contributed by atoms with van der Waals surface area (Å²) in [5.41, 5.74) is 0.774. The van der Waals surface area contributed by atoms with Gasteiger partial charge in [0.2, 0.25) is 5.91 Å². The van der Waals surface area contributed by atoms with E-state index in [1.165, 1.54) is 26.0 Å². The van der Waals surface area contributed by atoms with Crippen LogP contribution in [0.5, 0.6) is 6.01 Å². The summed E-state index contributed by atoms with van der Waals surface area (Å²) in [5.74, 6) is 0.697. The maximum Gasteiger partial charge on any atom is 0.318 e. The average molecular weight is 743 g/mol. The highest BCUT2D eigenvalue weighted by molar-refractivity contribution is 6.36. The van der Waals surface area contributed by atoms with Crippen LogP contribution in [-0.4, -0.2) is 99.4 Å². The molecule has 3 aliphatic heterocycles. The monoisotopic (exact) mass is 742 g/mol. The number of fused-ring (bicyclic) bond motifs is 3. The number of rotatable bonds is 7. The van der Waals surface area contributed by atoms with E-state index in [0.717, 1.165) is 31.2 Å². The molecule has 4 fully saturated rings. The number of carbonyl (C=O) groups is 1. The molecule has 0 bridgehead atoms. The zero-order valence-electron chi connectivity index (χ0n) is 29.9. The minimum absolute atomic E-state index is 0.0101. The number of halogens is 3. The van der Waals surface area contributed by atoms with Crippen LogP contribution in [0.3, 0.4) is 0 Å². The number of benzene rings is 2. The Morgan fingerprint density at radius 2 is 1.92 bits per heavy atom. The number of aromatic nitrogens is 5. The van der Waals surface area contributed by atoms with Crippen LogP contribution in [-0.2, 0) is 10.2 Å². The molecule has 14 heteroatoms. The van der Waals surface area contributed by atoms with Crippen molar-refractivity contribution in [1.29, 1.82) is 0 Å². The summed E-state index contributed by atoms with van der Waals surface area (Å²) in [6.07, 6.45) is 10.2. The molecule has 11 nitrogen and oxygen atoms in total. The van der Waals surface area contributed by atoms with Crippen molar-refractivity contribution in [3.63, 3.8) is 0 Å². The summed E-state index contributed by atoms with van der Waals surface area (Å²) in [5, 5.41) is 6.57. The van der Waals surface area contributed by atoms with Gasteiger partial charge in [0, 0.05) is 78.5 Å². The Balaban J connectivity index is 0.000000386. The molecule has 4 aliphatic rings. The number of alkyl halides is 1. The van der Waals surface area contributed by atoms with Crippen molar-refractivity contribution in [1.82, 2.24) is 34.9 Å². The van der Waals surface area contributed by atoms with Crippen LogP contribution in [0.4, 0.5) is 14.6 Å². The summed E-state index contributed by atoms with van der Waals surface area (Å²) in [6.45, 7) is 4.95. The maximum atomic E-state index is 16.3. The van der Waals surface area contributed by atoms with Crippen molar-refractivity contribution in [3.8, 4) is 17.3 Å². The quantitative estimate of drug-likeness (QED) is 0.161. The first-order valence-electron chi connectivity index (χ1n) is 18.1. The topological polar surface area (TPSA) is 114 Å². The number of likely N-dealkylation sites (tertiary alicyclic amines) is 1. The lowest BCUT2D eigenvalue weighted by Gasteiger charge is -2.27. The largest absolute Gasteiger partial charge is 0.467 e. The third-order valence-corrected chi connectivity index (χ3v) is 11.4. The SMILES string of the molecule is COc1nc(N(C)C2CCN(C(=O)/C=C/c3nc(C4(C)CC4)no3)C2)c2cnc(-c3cccc4cccc(Cl)c34)c(F)c2n1.FC1CC2CCCN2C1. The first-order valence-corrected chi connectivity index (χ1v) is 18.5. The second-order valence-corrected chi connectivity index (χ2v) is 15.1. The molecule has 2 aromatic carbocycles. The average Bonchev–Trinajstić information content (AvgIpc) is 3.67. The fraction of sp³-hybridized carbons (Fsp3) is 0.436. The van der Waals surface area contributed by atoms with Crippen LogP contribution in [0.15, 0.2) is 53.2 Å². The first-order chi connectivity index (χ1) is 25.6. The number of hydrogen-bond acceptors (Lipinski definition) is 10. The minimum atomic E-state index is -0.599. The van der Waals surface area contributed by atoms with E-state index in [1.54, 1.807) is 29.3 Å². The fourth-order valence-corrected chi connectivity index (χ4v) is 8.01. The van der Waals surface area contributed by atoms with Crippen molar-refractivity contribution in [2.45, 2.75) is 69.1 Å².